The zero-order chi connectivity index (χ0) is 21.5. The highest BCUT2D eigenvalue weighted by atomic mass is 19.4. The zero-order valence-electron chi connectivity index (χ0n) is 15.7. The second-order valence-electron chi connectivity index (χ2n) is 4.77. The normalized spacial score (nSPS) is 10.9. The van der Waals surface area contributed by atoms with Crippen molar-refractivity contribution < 1.29 is 57.3 Å². The summed E-state index contributed by atoms with van der Waals surface area (Å²) in [4.78, 5) is 18.7. The van der Waals surface area contributed by atoms with Gasteiger partial charge in [0.25, 0.3) is 0 Å². The lowest BCUT2D eigenvalue weighted by atomic mass is 10.6. The number of nitrogens with one attached hydrogen (secondary N) is 1. The number of aliphatic carboxylic acids is 1. The minimum atomic E-state index is -5.19. The monoisotopic (exact) mass is 422 g/mol. The number of carbonyl (C=O) groups is 2. The minimum Gasteiger partial charge on any atom is -0.542 e. The third-order valence-corrected chi connectivity index (χ3v) is 2.48. The number of carboxylic acid groups (broad SMARTS) is 1. The van der Waals surface area contributed by atoms with Gasteiger partial charge in [-0.2, -0.15) is 13.2 Å². The van der Waals surface area contributed by atoms with E-state index in [2.05, 4.69) is 11.1 Å². The van der Waals surface area contributed by atoms with E-state index in [0.29, 0.717) is 79.0 Å². The van der Waals surface area contributed by atoms with Gasteiger partial charge in [-0.3, -0.25) is 4.79 Å². The van der Waals surface area contributed by atoms with Crippen molar-refractivity contribution in [2.24, 2.45) is 0 Å². The van der Waals surface area contributed by atoms with E-state index in [-0.39, 0.29) is 0 Å². The Morgan fingerprint density at radius 3 is 1.43 bits per heavy atom. The van der Waals surface area contributed by atoms with Crippen LogP contribution in [0, 0.1) is 0 Å². The van der Waals surface area contributed by atoms with Crippen LogP contribution >= 0.6 is 0 Å². The van der Waals surface area contributed by atoms with Crippen LogP contribution < -0.4 is 16.2 Å². The molecule has 0 unspecified atom stereocenters. The van der Waals surface area contributed by atoms with Gasteiger partial charge in [-0.25, -0.2) is 0 Å². The molecule has 0 aromatic rings. The van der Waals surface area contributed by atoms with Crippen molar-refractivity contribution in [3.05, 3.63) is 0 Å². The molecular formula is C15H29F3N2O8. The summed E-state index contributed by atoms with van der Waals surface area (Å²) in [6.45, 7) is 6.85. The van der Waals surface area contributed by atoms with Crippen molar-refractivity contribution in [2.75, 3.05) is 79.2 Å². The molecule has 0 aromatic heterocycles. The predicted octanol–water partition coefficient (Wildman–Crippen LogP) is -2.64. The van der Waals surface area contributed by atoms with Gasteiger partial charge in [-0.15, -0.1) is 0 Å². The van der Waals surface area contributed by atoms with E-state index in [1.54, 1.807) is 0 Å². The van der Waals surface area contributed by atoms with Crippen molar-refractivity contribution >= 4 is 12.4 Å². The van der Waals surface area contributed by atoms with E-state index < -0.39 is 12.1 Å². The Hall–Kier alpha value is -1.51. The Labute approximate surface area is 161 Å². The highest BCUT2D eigenvalue weighted by Gasteiger charge is 2.28. The molecule has 1 amide bonds. The summed E-state index contributed by atoms with van der Waals surface area (Å²) in [7, 11) is 0. The van der Waals surface area contributed by atoms with Crippen molar-refractivity contribution in [3.8, 4) is 0 Å². The van der Waals surface area contributed by atoms with E-state index in [0.717, 1.165) is 6.54 Å². The molecule has 4 N–H and O–H groups in total. The highest BCUT2D eigenvalue weighted by Crippen LogP contribution is 2.11. The molecule has 0 aromatic carbocycles. The third-order valence-electron chi connectivity index (χ3n) is 2.48. The molecule has 0 saturated heterocycles. The molecule has 168 valence electrons. The van der Waals surface area contributed by atoms with E-state index >= 15 is 0 Å². The molecule has 0 saturated carbocycles. The fourth-order valence-corrected chi connectivity index (χ4v) is 1.27. The summed E-state index contributed by atoms with van der Waals surface area (Å²) in [6.07, 6.45) is -4.55. The van der Waals surface area contributed by atoms with Gasteiger partial charge in [0.15, 0.2) is 0 Å². The molecule has 0 spiro atoms. The number of ether oxygens (including phenoxy) is 5. The fourth-order valence-electron chi connectivity index (χ4n) is 1.27. The number of rotatable bonds is 18. The highest BCUT2D eigenvalue weighted by molar-refractivity contribution is 5.70. The summed E-state index contributed by atoms with van der Waals surface area (Å²) in [5.74, 6) is -3.01. The lowest BCUT2D eigenvalue weighted by molar-refractivity contribution is -0.374. The molecule has 0 radical (unpaired) electrons. The average Bonchev–Trinajstić information content (AvgIpc) is 2.64. The summed E-state index contributed by atoms with van der Waals surface area (Å²) in [5.41, 5.74) is 3.68. The number of alkyl halides is 3. The summed E-state index contributed by atoms with van der Waals surface area (Å²) in [6, 6.07) is 0. The number of quaternary nitrogens is 1. The SMILES string of the molecule is O=C([O-])C(F)(F)F.[NH3+]CCOCCOCCOCCOCCOCCNC=O. The maximum absolute atomic E-state index is 10.5. The van der Waals surface area contributed by atoms with Gasteiger partial charge in [-0.05, 0) is 0 Å². The number of carbonyl (C=O) groups excluding carboxylic acids is 2. The van der Waals surface area contributed by atoms with Gasteiger partial charge >= 0.3 is 6.18 Å². The maximum Gasteiger partial charge on any atom is 0.430 e. The van der Waals surface area contributed by atoms with Crippen LogP contribution in [-0.2, 0) is 33.3 Å². The van der Waals surface area contributed by atoms with Crippen molar-refractivity contribution in [1.82, 2.24) is 5.32 Å². The van der Waals surface area contributed by atoms with Crippen LogP contribution in [-0.4, -0.2) is 97.7 Å². The van der Waals surface area contributed by atoms with Gasteiger partial charge in [0, 0.05) is 6.54 Å². The zero-order valence-corrected chi connectivity index (χ0v) is 15.7. The number of amides is 1. The van der Waals surface area contributed by atoms with Crippen molar-refractivity contribution in [3.63, 3.8) is 0 Å². The molecule has 13 heteroatoms. The second-order valence-corrected chi connectivity index (χ2v) is 4.77. The molecule has 0 heterocycles. The predicted molar refractivity (Wildman–Crippen MR) is 87.0 cm³/mol. The molecule has 28 heavy (non-hydrogen) atoms. The lowest BCUT2D eigenvalue weighted by Gasteiger charge is -2.07. The first kappa shape index (κ1) is 28.7. The largest absolute Gasteiger partial charge is 0.542 e. The van der Waals surface area contributed by atoms with Crippen LogP contribution in [0.2, 0.25) is 0 Å². The number of halogens is 3. The van der Waals surface area contributed by atoms with Crippen molar-refractivity contribution in [2.45, 2.75) is 6.18 Å². The van der Waals surface area contributed by atoms with E-state index in [1.165, 1.54) is 0 Å². The summed E-state index contributed by atoms with van der Waals surface area (Å²) < 4.78 is 57.9. The smallest absolute Gasteiger partial charge is 0.430 e. The standard InChI is InChI=1S/C13H28N2O6.C2HF3O2/c14-1-3-17-5-7-19-9-11-21-12-10-20-8-6-18-4-2-15-13-16;3-2(4,5)1(6)7/h13H,1-12,14H2,(H,15,16);(H,6,7). The fraction of sp³-hybridized carbons (Fsp3) is 0.867. The average molecular weight is 422 g/mol. The van der Waals surface area contributed by atoms with Crippen LogP contribution in [0.5, 0.6) is 0 Å². The van der Waals surface area contributed by atoms with Gasteiger partial charge in [0.1, 0.15) is 5.97 Å². The van der Waals surface area contributed by atoms with E-state index in [4.69, 9.17) is 33.6 Å². The number of hydrogen-bond donors (Lipinski definition) is 2. The first-order chi connectivity index (χ1) is 13.4. The number of hydrogen-bond acceptors (Lipinski definition) is 8. The molecule has 10 nitrogen and oxygen atoms in total. The lowest BCUT2D eigenvalue weighted by Crippen LogP contribution is -2.52. The Balaban J connectivity index is 0. The first-order valence-corrected chi connectivity index (χ1v) is 8.49. The molecule has 0 rings (SSSR count). The second kappa shape index (κ2) is 21.8. The van der Waals surface area contributed by atoms with E-state index in [9.17, 15) is 18.0 Å². The molecule has 0 atom stereocenters. The van der Waals surface area contributed by atoms with Crippen molar-refractivity contribution in [1.29, 1.82) is 0 Å². The van der Waals surface area contributed by atoms with Crippen LogP contribution in [0.15, 0.2) is 0 Å². The van der Waals surface area contributed by atoms with Gasteiger partial charge in [0.2, 0.25) is 6.41 Å². The van der Waals surface area contributed by atoms with Gasteiger partial charge in [-0.1, -0.05) is 0 Å². The molecule has 0 aliphatic heterocycles. The minimum absolute atomic E-state index is 0.494. The van der Waals surface area contributed by atoms with Gasteiger partial charge in [0.05, 0.1) is 72.6 Å². The molecule has 0 aliphatic rings. The van der Waals surface area contributed by atoms with Crippen LogP contribution in [0.25, 0.3) is 0 Å². The quantitative estimate of drug-likeness (QED) is 0.180. The molecule has 0 bridgehead atoms. The summed E-state index contributed by atoms with van der Waals surface area (Å²) >= 11 is 0. The Morgan fingerprint density at radius 2 is 1.14 bits per heavy atom. The molecular weight excluding hydrogens is 393 g/mol. The summed E-state index contributed by atoms with van der Waals surface area (Å²) in [5, 5.41) is 11.3. The topological polar surface area (TPSA) is 143 Å². The molecule has 0 aliphatic carbocycles. The Bertz CT molecular complexity index is 363. The number of carboxylic acids is 1. The Morgan fingerprint density at radius 1 is 0.821 bits per heavy atom. The van der Waals surface area contributed by atoms with Gasteiger partial charge < -0.3 is 44.6 Å². The van der Waals surface area contributed by atoms with Crippen LogP contribution in [0.1, 0.15) is 0 Å². The molecule has 0 fully saturated rings. The van der Waals surface area contributed by atoms with Crippen LogP contribution in [0.3, 0.4) is 0 Å². The maximum atomic E-state index is 10.5. The first-order valence-electron chi connectivity index (χ1n) is 8.49. The van der Waals surface area contributed by atoms with Crippen LogP contribution in [0.4, 0.5) is 13.2 Å². The Kier molecular flexibility index (Phi) is 22.3. The third kappa shape index (κ3) is 26.7. The van der Waals surface area contributed by atoms with E-state index in [1.807, 2.05) is 0 Å².